The smallest absolute Gasteiger partial charge is 0.417 e. The molecule has 128 valence electrons. The molecule has 0 spiro atoms. The molecule has 2 amide bonds. The molecule has 3 aromatic rings. The Balaban J connectivity index is 1.70. The van der Waals surface area contributed by atoms with Crippen molar-refractivity contribution < 1.29 is 18.7 Å². The number of nitrogens with one attached hydrogen (secondary N) is 3. The van der Waals surface area contributed by atoms with Crippen LogP contribution in [0.2, 0.25) is 0 Å². The number of hydrogen-bond donors (Lipinski definition) is 3. The number of aromatic nitrogens is 1. The molecule has 0 saturated carbocycles. The third kappa shape index (κ3) is 3.86. The number of urea groups is 1. The Labute approximate surface area is 141 Å². The maximum atomic E-state index is 12.1. The Hall–Kier alpha value is -3.55. The zero-order valence-corrected chi connectivity index (χ0v) is 13.3. The van der Waals surface area contributed by atoms with Crippen molar-refractivity contribution in [1.29, 1.82) is 0 Å². The zero-order chi connectivity index (χ0) is 17.8. The molecule has 0 atom stereocenters. The van der Waals surface area contributed by atoms with E-state index in [9.17, 15) is 14.4 Å². The lowest BCUT2D eigenvalue weighted by molar-refractivity contribution is 0.0526. The first-order valence-corrected chi connectivity index (χ1v) is 7.53. The molecule has 0 unspecified atom stereocenters. The largest absolute Gasteiger partial charge is 0.462 e. The first kappa shape index (κ1) is 16.3. The average molecular weight is 341 g/mol. The molecular weight excluding hydrogens is 326 g/mol. The monoisotopic (exact) mass is 341 g/mol. The lowest BCUT2D eigenvalue weighted by atomic mass is 10.2. The number of H-pyrrole nitrogens is 1. The minimum absolute atomic E-state index is 0.273. The van der Waals surface area contributed by atoms with E-state index in [1.165, 1.54) is 12.1 Å². The van der Waals surface area contributed by atoms with Gasteiger partial charge in [0.15, 0.2) is 5.58 Å². The van der Waals surface area contributed by atoms with Gasteiger partial charge in [-0.2, -0.15) is 0 Å². The van der Waals surface area contributed by atoms with Crippen molar-refractivity contribution in [2.24, 2.45) is 0 Å². The van der Waals surface area contributed by atoms with Gasteiger partial charge in [0.05, 0.1) is 17.7 Å². The number of rotatable bonds is 4. The minimum atomic E-state index is -0.563. The third-order valence-corrected chi connectivity index (χ3v) is 3.31. The first-order chi connectivity index (χ1) is 12.0. The number of ether oxygens (including phenoxy) is 1. The van der Waals surface area contributed by atoms with E-state index in [1.54, 1.807) is 37.3 Å². The van der Waals surface area contributed by atoms with Crippen LogP contribution in [0.15, 0.2) is 51.7 Å². The molecule has 3 rings (SSSR count). The Kier molecular flexibility index (Phi) is 4.51. The summed E-state index contributed by atoms with van der Waals surface area (Å²) in [6, 6.07) is 10.7. The Morgan fingerprint density at radius 2 is 1.88 bits per heavy atom. The molecule has 25 heavy (non-hydrogen) atoms. The molecule has 0 saturated heterocycles. The number of fused-ring (bicyclic) bond motifs is 1. The van der Waals surface area contributed by atoms with Gasteiger partial charge in [-0.1, -0.05) is 6.07 Å². The molecule has 0 fully saturated rings. The van der Waals surface area contributed by atoms with Gasteiger partial charge in [-0.05, 0) is 37.3 Å². The third-order valence-electron chi connectivity index (χ3n) is 3.31. The van der Waals surface area contributed by atoms with Crippen molar-refractivity contribution in [3.05, 3.63) is 58.6 Å². The molecule has 0 aliphatic rings. The number of anilines is 2. The Bertz CT molecular complexity index is 989. The number of hydrogen-bond acceptors (Lipinski definition) is 5. The van der Waals surface area contributed by atoms with Crippen LogP contribution < -0.4 is 16.4 Å². The van der Waals surface area contributed by atoms with Gasteiger partial charge < -0.3 is 19.8 Å². The van der Waals surface area contributed by atoms with E-state index >= 15 is 0 Å². The molecule has 8 nitrogen and oxygen atoms in total. The molecule has 8 heteroatoms. The van der Waals surface area contributed by atoms with Gasteiger partial charge in [-0.3, -0.25) is 4.98 Å². The molecule has 0 aliphatic heterocycles. The van der Waals surface area contributed by atoms with Crippen LogP contribution in [0.3, 0.4) is 0 Å². The van der Waals surface area contributed by atoms with Gasteiger partial charge in [-0.25, -0.2) is 14.4 Å². The molecule has 1 heterocycles. The van der Waals surface area contributed by atoms with Crippen LogP contribution in [-0.4, -0.2) is 23.6 Å². The Morgan fingerprint density at radius 1 is 1.12 bits per heavy atom. The lowest BCUT2D eigenvalue weighted by Crippen LogP contribution is -2.19. The van der Waals surface area contributed by atoms with Crippen LogP contribution >= 0.6 is 0 Å². The van der Waals surface area contributed by atoms with Crippen molar-refractivity contribution in [3.63, 3.8) is 0 Å². The van der Waals surface area contributed by atoms with Crippen molar-refractivity contribution in [3.8, 4) is 0 Å². The fraction of sp³-hybridized carbons (Fsp3) is 0.118. The quantitative estimate of drug-likeness (QED) is 0.631. The lowest BCUT2D eigenvalue weighted by Gasteiger charge is -2.09. The second-order valence-electron chi connectivity index (χ2n) is 5.11. The van der Waals surface area contributed by atoms with Gasteiger partial charge in [0, 0.05) is 17.4 Å². The second kappa shape index (κ2) is 6.91. The number of carbonyl (C=O) groups excluding carboxylic acids is 2. The summed E-state index contributed by atoms with van der Waals surface area (Å²) in [6.07, 6.45) is 0. The van der Waals surface area contributed by atoms with E-state index in [2.05, 4.69) is 15.6 Å². The number of esters is 1. The van der Waals surface area contributed by atoms with Gasteiger partial charge in [-0.15, -0.1) is 0 Å². The van der Waals surface area contributed by atoms with Crippen LogP contribution in [0.5, 0.6) is 0 Å². The van der Waals surface area contributed by atoms with Crippen molar-refractivity contribution in [2.75, 3.05) is 17.2 Å². The highest BCUT2D eigenvalue weighted by Gasteiger charge is 2.09. The van der Waals surface area contributed by atoms with Crippen LogP contribution in [0.4, 0.5) is 16.2 Å². The number of oxazole rings is 1. The Morgan fingerprint density at radius 3 is 2.64 bits per heavy atom. The fourth-order valence-electron chi connectivity index (χ4n) is 2.25. The topological polar surface area (TPSA) is 113 Å². The number of carbonyl (C=O) groups is 2. The summed E-state index contributed by atoms with van der Waals surface area (Å²) in [6.45, 7) is 1.99. The minimum Gasteiger partial charge on any atom is -0.462 e. The van der Waals surface area contributed by atoms with E-state index in [4.69, 9.17) is 9.15 Å². The van der Waals surface area contributed by atoms with Gasteiger partial charge in [0.25, 0.3) is 0 Å². The fourth-order valence-corrected chi connectivity index (χ4v) is 2.25. The van der Waals surface area contributed by atoms with E-state index in [-0.39, 0.29) is 6.61 Å². The van der Waals surface area contributed by atoms with Crippen LogP contribution in [0.1, 0.15) is 17.3 Å². The summed E-state index contributed by atoms with van der Waals surface area (Å²) in [5.74, 6) is -1.02. The predicted molar refractivity (Wildman–Crippen MR) is 91.9 cm³/mol. The van der Waals surface area contributed by atoms with Crippen molar-refractivity contribution in [2.45, 2.75) is 6.92 Å². The molecule has 3 N–H and O–H groups in total. The van der Waals surface area contributed by atoms with E-state index in [1.807, 2.05) is 0 Å². The SMILES string of the molecule is CCOC(=O)c1cccc(NC(=O)Nc2ccc3[nH]c(=O)oc3c2)c1. The van der Waals surface area contributed by atoms with E-state index < -0.39 is 17.8 Å². The number of amides is 2. The molecule has 1 aromatic heterocycles. The molecule has 0 aliphatic carbocycles. The second-order valence-corrected chi connectivity index (χ2v) is 5.11. The number of aromatic amines is 1. The summed E-state index contributed by atoms with van der Waals surface area (Å²) in [4.78, 5) is 37.5. The maximum Gasteiger partial charge on any atom is 0.417 e. The molecular formula is C17H15N3O5. The van der Waals surface area contributed by atoms with Crippen LogP contribution in [0.25, 0.3) is 11.1 Å². The van der Waals surface area contributed by atoms with Crippen molar-refractivity contribution >= 4 is 34.5 Å². The molecule has 2 aromatic carbocycles. The number of benzene rings is 2. The highest BCUT2D eigenvalue weighted by molar-refractivity contribution is 6.01. The maximum absolute atomic E-state index is 12.1. The summed E-state index contributed by atoms with van der Waals surface area (Å²) < 4.78 is 9.86. The summed E-state index contributed by atoms with van der Waals surface area (Å²) in [5, 5.41) is 5.25. The normalized spacial score (nSPS) is 10.4. The zero-order valence-electron chi connectivity index (χ0n) is 13.3. The standard InChI is InChI=1S/C17H15N3O5/c1-2-24-15(21)10-4-3-5-11(8-10)18-16(22)19-12-6-7-13-14(9-12)25-17(23)20-13/h3-9H,2H2,1H3,(H,20,23)(H2,18,19,22). The van der Waals surface area contributed by atoms with Gasteiger partial charge in [0.2, 0.25) is 0 Å². The van der Waals surface area contributed by atoms with E-state index in [0.717, 1.165) is 0 Å². The van der Waals surface area contributed by atoms with Crippen LogP contribution in [-0.2, 0) is 4.74 Å². The van der Waals surface area contributed by atoms with Gasteiger partial charge in [0.1, 0.15) is 0 Å². The average Bonchev–Trinajstić information content (AvgIpc) is 2.94. The highest BCUT2D eigenvalue weighted by Crippen LogP contribution is 2.17. The summed E-state index contributed by atoms with van der Waals surface area (Å²) in [5.41, 5.74) is 2.12. The molecule has 0 bridgehead atoms. The van der Waals surface area contributed by atoms with Crippen LogP contribution in [0, 0.1) is 0 Å². The first-order valence-electron chi connectivity index (χ1n) is 7.53. The summed E-state index contributed by atoms with van der Waals surface area (Å²) >= 11 is 0. The van der Waals surface area contributed by atoms with Crippen molar-refractivity contribution in [1.82, 2.24) is 4.98 Å². The summed E-state index contributed by atoms with van der Waals surface area (Å²) in [7, 11) is 0. The molecule has 0 radical (unpaired) electrons. The van der Waals surface area contributed by atoms with Gasteiger partial charge >= 0.3 is 17.8 Å². The predicted octanol–water partition coefficient (Wildman–Crippen LogP) is 2.94. The highest BCUT2D eigenvalue weighted by atomic mass is 16.5. The van der Waals surface area contributed by atoms with E-state index in [0.29, 0.717) is 28.0 Å².